The molecule has 0 fully saturated rings. The molecule has 132 valence electrons. The van der Waals surface area contributed by atoms with Crippen LogP contribution in [-0.4, -0.2) is 0 Å². The summed E-state index contributed by atoms with van der Waals surface area (Å²) < 4.78 is 0. The summed E-state index contributed by atoms with van der Waals surface area (Å²) >= 11 is 0. The van der Waals surface area contributed by atoms with Gasteiger partial charge in [-0.3, -0.25) is 5.22 Å². The molecule has 0 aliphatic heterocycles. The molecule has 0 aromatic carbocycles. The van der Waals surface area contributed by atoms with Crippen molar-refractivity contribution in [3.63, 3.8) is 0 Å². The van der Waals surface area contributed by atoms with E-state index in [4.69, 9.17) is 5.53 Å². The third-order valence-corrected chi connectivity index (χ3v) is 0.932. The van der Waals surface area contributed by atoms with Crippen molar-refractivity contribution in [3.8, 4) is 0 Å². The second kappa shape index (κ2) is 19.8. The van der Waals surface area contributed by atoms with E-state index in [0.29, 0.717) is 0 Å². The van der Waals surface area contributed by atoms with Crippen molar-refractivity contribution in [1.29, 1.82) is 0 Å². The third-order valence-electron chi connectivity index (χ3n) is 0.932. The first-order chi connectivity index (χ1) is 12.9. The molecular formula is H2N26. The van der Waals surface area contributed by atoms with Gasteiger partial charge in [-0.05, 0) is 41.8 Å². The monoisotopic (exact) mass is 366 g/mol. The van der Waals surface area contributed by atoms with E-state index < -0.39 is 0 Å². The van der Waals surface area contributed by atoms with Gasteiger partial charge in [0.25, 0.3) is 0 Å². The fourth-order valence-electron chi connectivity index (χ4n) is 0.399. The van der Waals surface area contributed by atoms with Crippen LogP contribution >= 0.6 is 0 Å². The molecule has 0 amide bonds. The van der Waals surface area contributed by atoms with Gasteiger partial charge in [0, 0.05) is 52.2 Å². The first-order valence-electron chi connectivity index (χ1n) is 5.06. The van der Waals surface area contributed by atoms with Crippen molar-refractivity contribution < 1.29 is 5.53 Å². The minimum absolute atomic E-state index is 2.25. The second-order valence-electron chi connectivity index (χ2n) is 2.17. The Morgan fingerprint density at radius 2 is 0.500 bits per heavy atom. The molecule has 0 rings (SSSR count). The largest absolute Gasteiger partial charge is 0.360 e. The number of nitrogens with two attached hydrogens (primary N) is 1. The second-order valence-corrected chi connectivity index (χ2v) is 2.17. The summed E-state index contributed by atoms with van der Waals surface area (Å²) in [4.78, 5) is 0. The first-order valence-corrected chi connectivity index (χ1v) is 5.06. The zero-order valence-electron chi connectivity index (χ0n) is 11.8. The molecular weight excluding hydrogens is 364 g/mol. The lowest BCUT2D eigenvalue weighted by atomic mass is 12.3. The maximum atomic E-state index is 7.82. The summed E-state index contributed by atoms with van der Waals surface area (Å²) in [5.41, 5.74) is 12.4. The zero-order valence-corrected chi connectivity index (χ0v) is 11.8. The fraction of sp³-hybridized carbons (Fsp3) is 0. The van der Waals surface area contributed by atoms with Crippen LogP contribution in [0.3, 0.4) is 0 Å². The minimum Gasteiger partial charge on any atom is -0.360 e. The fourth-order valence-corrected chi connectivity index (χ4v) is 0.399. The Kier molecular flexibility index (Phi) is 15.8. The lowest BCUT2D eigenvalue weighted by molar-refractivity contribution is -0.223. The number of rotatable bonds is 12. The molecule has 0 aromatic heterocycles. The average Bonchev–Trinajstić information content (AvgIpc) is 2.66. The van der Waals surface area contributed by atoms with Crippen LogP contribution in [-0.2, 0) is 0 Å². The summed E-state index contributed by atoms with van der Waals surface area (Å²) in [7, 11) is 0. The smallest absolute Gasteiger partial charge is 0.225 e. The molecule has 0 bridgehead atoms. The molecule has 0 heterocycles. The van der Waals surface area contributed by atoms with Gasteiger partial charge in [0.05, 0.1) is 0 Å². The lowest BCUT2D eigenvalue weighted by Gasteiger charge is -1.75. The Hall–Kier alpha value is -5.20. The Bertz CT molecular complexity index is 616. The maximum Gasteiger partial charge on any atom is 0.225 e. The molecule has 0 aliphatic carbocycles. The highest BCUT2D eigenvalue weighted by Gasteiger charge is 1.74. The minimum atomic E-state index is 2.25. The molecule has 0 saturated carbocycles. The molecule has 0 aliphatic rings. The van der Waals surface area contributed by atoms with Gasteiger partial charge in [0.2, 0.25) is 5.22 Å². The van der Waals surface area contributed by atoms with Gasteiger partial charge >= 0.3 is 0 Å². The van der Waals surface area contributed by atoms with Crippen LogP contribution in [0.2, 0.25) is 0 Å². The number of hydrogen-bond acceptors (Lipinski definition) is 0. The SMILES string of the molecule is [N-]=N/N=N/N=N/N=N/N=N/N=N/N=N/N=N/N=N/N=N/N=N/N=N/N=[NH2+]. The number of nitrogens with zero attached hydrogens (tertiary/aromatic N) is 25. The lowest BCUT2D eigenvalue weighted by Crippen LogP contribution is -2.21. The summed E-state index contributed by atoms with van der Waals surface area (Å²) in [6.45, 7) is 0. The molecule has 2 N–H and O–H groups in total. The molecule has 0 atom stereocenters. The highest BCUT2D eigenvalue weighted by Crippen LogP contribution is 1.90. The molecule has 0 radical (unpaired) electrons. The van der Waals surface area contributed by atoms with E-state index >= 15 is 0 Å². The van der Waals surface area contributed by atoms with Crippen molar-refractivity contribution in [2.45, 2.75) is 0 Å². The summed E-state index contributed by atoms with van der Waals surface area (Å²) in [5.74, 6) is 0. The van der Waals surface area contributed by atoms with Crippen LogP contribution in [0.4, 0.5) is 0 Å². The summed E-state index contributed by atoms with van der Waals surface area (Å²) in [6.07, 6.45) is 0. The quantitative estimate of drug-likeness (QED) is 0.383. The molecule has 0 unspecified atom stereocenters. The van der Waals surface area contributed by atoms with Crippen molar-refractivity contribution >= 4 is 0 Å². The highest BCUT2D eigenvalue weighted by molar-refractivity contribution is 4.15. The normalized spacial score (nSPS) is 14.3. The van der Waals surface area contributed by atoms with Gasteiger partial charge in [-0.15, -0.1) is 5.22 Å². The molecule has 0 aromatic rings. The van der Waals surface area contributed by atoms with E-state index in [1.54, 1.807) is 0 Å². The Labute approximate surface area is 137 Å². The average molecular weight is 366 g/mol. The molecule has 26 nitrogen and oxygen atoms in total. The highest BCUT2D eigenvalue weighted by atomic mass is 15.7. The van der Waals surface area contributed by atoms with Crippen LogP contribution in [0.15, 0.2) is 125 Å². The van der Waals surface area contributed by atoms with E-state index in [1.165, 1.54) is 0 Å². The van der Waals surface area contributed by atoms with E-state index in [0.717, 1.165) is 0 Å². The standard InChI is InChI=1S/HN26/c1-3-5-7-9-11-13-15-17-19-21-23-25-26-24-22-20-18-16-14-12-10-8-6-4-2/h1H/q-1/p+1/b3-1?,7-5+,8-6+,11-9+,12-10+,15-13+,16-14+,19-17+,20-18+,23-21+,24-22+,26-25+. The van der Waals surface area contributed by atoms with Gasteiger partial charge in [0.1, 0.15) is 5.22 Å². The van der Waals surface area contributed by atoms with Crippen LogP contribution in [0, 0.1) is 0 Å². The maximum absolute atomic E-state index is 7.82. The van der Waals surface area contributed by atoms with Gasteiger partial charge in [-0.25, -0.2) is 5.22 Å². The van der Waals surface area contributed by atoms with Crippen molar-refractivity contribution in [3.05, 3.63) is 5.53 Å². The van der Waals surface area contributed by atoms with Crippen molar-refractivity contribution in [2.24, 2.45) is 125 Å². The zero-order chi connectivity index (χ0) is 19.0. The van der Waals surface area contributed by atoms with Crippen molar-refractivity contribution in [2.75, 3.05) is 0 Å². The molecule has 0 saturated heterocycles. The third kappa shape index (κ3) is 18.8. The molecule has 26 heavy (non-hydrogen) atoms. The first kappa shape index (κ1) is 20.8. The van der Waals surface area contributed by atoms with Crippen LogP contribution in [0.5, 0.6) is 0 Å². The van der Waals surface area contributed by atoms with Crippen LogP contribution in [0.25, 0.3) is 5.53 Å². The topological polar surface area (TPSA) is 345 Å². The Morgan fingerprint density at radius 3 is 0.692 bits per heavy atom. The Morgan fingerprint density at radius 1 is 0.308 bits per heavy atom. The van der Waals surface area contributed by atoms with Gasteiger partial charge in [-0.1, -0.05) is 0 Å². The predicted octanol–water partition coefficient (Wildman–Crippen LogP) is 3.17. The predicted molar refractivity (Wildman–Crippen MR) is 63.6 cm³/mol. The van der Waals surface area contributed by atoms with Crippen LogP contribution in [0.1, 0.15) is 0 Å². The summed E-state index contributed by atoms with van der Waals surface area (Å²) in [6, 6.07) is 0. The van der Waals surface area contributed by atoms with Gasteiger partial charge in [-0.2, -0.15) is 5.53 Å². The van der Waals surface area contributed by atoms with E-state index in [-0.39, 0.29) is 0 Å². The molecule has 26 heteroatoms. The number of hydrogen-bond donors (Lipinski definition) is 1. The van der Waals surface area contributed by atoms with Gasteiger partial charge < -0.3 is 5.53 Å². The van der Waals surface area contributed by atoms with Crippen molar-refractivity contribution in [1.82, 2.24) is 0 Å². The van der Waals surface area contributed by atoms with Gasteiger partial charge in [0.15, 0.2) is 5.22 Å². The molecule has 0 spiro atoms. The Balaban J connectivity index is 3.93. The van der Waals surface area contributed by atoms with E-state index in [1.807, 2.05) is 0 Å². The van der Waals surface area contributed by atoms with E-state index in [9.17, 15) is 0 Å². The van der Waals surface area contributed by atoms with E-state index in [2.05, 4.69) is 131 Å². The summed E-state index contributed by atoms with van der Waals surface area (Å²) in [5, 5.41) is 69.6. The van der Waals surface area contributed by atoms with Crippen LogP contribution < -0.4 is 5.53 Å².